The molecule has 25 heavy (non-hydrogen) atoms. The van der Waals surface area contributed by atoms with E-state index < -0.39 is 6.10 Å². The molecule has 128 valence electrons. The second-order valence-electron chi connectivity index (χ2n) is 7.22. The van der Waals surface area contributed by atoms with E-state index in [4.69, 9.17) is 13.9 Å². The Morgan fingerprint density at radius 3 is 2.88 bits per heavy atom. The van der Waals surface area contributed by atoms with Crippen LogP contribution in [0.1, 0.15) is 37.4 Å². The van der Waals surface area contributed by atoms with Crippen LogP contribution in [0.3, 0.4) is 0 Å². The minimum atomic E-state index is -0.460. The maximum atomic E-state index is 12.4. The second kappa shape index (κ2) is 4.97. The largest absolute Gasteiger partial charge is 0.472 e. The van der Waals surface area contributed by atoms with Crippen LogP contribution in [-0.2, 0) is 19.1 Å². The summed E-state index contributed by atoms with van der Waals surface area (Å²) < 4.78 is 16.2. The Morgan fingerprint density at radius 1 is 1.20 bits per heavy atom. The van der Waals surface area contributed by atoms with E-state index in [2.05, 4.69) is 6.58 Å². The van der Waals surface area contributed by atoms with E-state index >= 15 is 0 Å². The molecule has 5 rings (SSSR count). The van der Waals surface area contributed by atoms with Crippen molar-refractivity contribution in [2.75, 3.05) is 6.61 Å². The van der Waals surface area contributed by atoms with Gasteiger partial charge < -0.3 is 13.9 Å². The van der Waals surface area contributed by atoms with Crippen molar-refractivity contribution in [3.63, 3.8) is 0 Å². The third-order valence-corrected chi connectivity index (χ3v) is 6.27. The number of carbonyl (C=O) groups is 2. The molecule has 2 aliphatic carbocycles. The highest BCUT2D eigenvalue weighted by Gasteiger charge is 2.55. The smallest absolute Gasteiger partial charge is 0.335 e. The summed E-state index contributed by atoms with van der Waals surface area (Å²) in [6.07, 6.45) is 7.93. The van der Waals surface area contributed by atoms with Gasteiger partial charge in [-0.2, -0.15) is 0 Å². The van der Waals surface area contributed by atoms with Gasteiger partial charge in [-0.05, 0) is 37.3 Å². The summed E-state index contributed by atoms with van der Waals surface area (Å²) in [5.74, 6) is -0.444. The Bertz CT molecular complexity index is 857. The molecule has 3 heterocycles. The lowest BCUT2D eigenvalue weighted by atomic mass is 9.56. The zero-order valence-electron chi connectivity index (χ0n) is 13.7. The highest BCUT2D eigenvalue weighted by molar-refractivity contribution is 5.95. The lowest BCUT2D eigenvalue weighted by Gasteiger charge is -2.45. The molecule has 0 amide bonds. The van der Waals surface area contributed by atoms with Gasteiger partial charge in [0.25, 0.3) is 0 Å². The van der Waals surface area contributed by atoms with Crippen molar-refractivity contribution in [1.82, 2.24) is 0 Å². The van der Waals surface area contributed by atoms with Crippen molar-refractivity contribution in [3.8, 4) is 0 Å². The van der Waals surface area contributed by atoms with Crippen LogP contribution in [-0.4, -0.2) is 18.5 Å². The quantitative estimate of drug-likeness (QED) is 0.734. The zero-order chi connectivity index (χ0) is 17.2. The normalized spacial score (nSPS) is 33.9. The van der Waals surface area contributed by atoms with E-state index in [1.807, 2.05) is 12.1 Å². The fraction of sp³-hybridized carbons (Fsp3) is 0.400. The van der Waals surface area contributed by atoms with Gasteiger partial charge in [0, 0.05) is 33.6 Å². The average molecular weight is 338 g/mol. The molecule has 0 radical (unpaired) electrons. The molecule has 4 aliphatic rings. The molecule has 1 aromatic heterocycles. The molecule has 1 spiro atoms. The molecular formula is C20H18O5. The number of hydrogen-bond donors (Lipinski definition) is 0. The Hall–Kier alpha value is -2.56. The number of ether oxygens (including phenoxy) is 2. The van der Waals surface area contributed by atoms with Gasteiger partial charge in [-0.1, -0.05) is 12.7 Å². The number of esters is 2. The van der Waals surface area contributed by atoms with Gasteiger partial charge in [-0.3, -0.25) is 0 Å². The molecule has 5 nitrogen and oxygen atoms in total. The first kappa shape index (κ1) is 14.8. The molecule has 0 aromatic carbocycles. The predicted molar refractivity (Wildman–Crippen MR) is 87.1 cm³/mol. The monoisotopic (exact) mass is 338 g/mol. The molecular weight excluding hydrogens is 320 g/mol. The van der Waals surface area contributed by atoms with E-state index in [1.54, 1.807) is 12.5 Å². The lowest BCUT2D eigenvalue weighted by Crippen LogP contribution is -2.39. The maximum absolute atomic E-state index is 12.4. The first-order chi connectivity index (χ1) is 12.1. The number of rotatable bonds is 1. The van der Waals surface area contributed by atoms with Crippen molar-refractivity contribution in [1.29, 1.82) is 0 Å². The maximum Gasteiger partial charge on any atom is 0.335 e. The molecule has 3 atom stereocenters. The Morgan fingerprint density at radius 2 is 2.08 bits per heavy atom. The van der Waals surface area contributed by atoms with Crippen molar-refractivity contribution >= 4 is 11.9 Å². The first-order valence-electron chi connectivity index (χ1n) is 8.65. The first-order valence-corrected chi connectivity index (χ1v) is 8.65. The highest BCUT2D eigenvalue weighted by Crippen LogP contribution is 2.60. The predicted octanol–water partition coefficient (Wildman–Crippen LogP) is 3.40. The highest BCUT2D eigenvalue weighted by atomic mass is 16.6. The number of fused-ring (bicyclic) bond motifs is 2. The molecule has 1 fully saturated rings. The summed E-state index contributed by atoms with van der Waals surface area (Å²) in [5, 5.41) is 0. The van der Waals surface area contributed by atoms with Gasteiger partial charge in [-0.25, -0.2) is 9.59 Å². The molecule has 0 bridgehead atoms. The van der Waals surface area contributed by atoms with Gasteiger partial charge in [0.1, 0.15) is 0 Å². The third kappa shape index (κ3) is 1.84. The summed E-state index contributed by atoms with van der Waals surface area (Å²) in [6.45, 7) is 4.80. The number of cyclic esters (lactones) is 2. The van der Waals surface area contributed by atoms with E-state index in [0.29, 0.717) is 13.0 Å². The van der Waals surface area contributed by atoms with E-state index in [0.717, 1.165) is 47.1 Å². The van der Waals surface area contributed by atoms with Gasteiger partial charge in [0.2, 0.25) is 0 Å². The fourth-order valence-electron chi connectivity index (χ4n) is 4.99. The number of hydrogen-bond acceptors (Lipinski definition) is 5. The van der Waals surface area contributed by atoms with Crippen LogP contribution in [0.25, 0.3) is 0 Å². The summed E-state index contributed by atoms with van der Waals surface area (Å²) in [7, 11) is 0. The van der Waals surface area contributed by atoms with Gasteiger partial charge >= 0.3 is 11.9 Å². The van der Waals surface area contributed by atoms with Crippen molar-refractivity contribution in [3.05, 3.63) is 59.1 Å². The van der Waals surface area contributed by atoms with Crippen LogP contribution in [0.4, 0.5) is 0 Å². The van der Waals surface area contributed by atoms with E-state index in [1.165, 1.54) is 0 Å². The lowest BCUT2D eigenvalue weighted by molar-refractivity contribution is -0.140. The van der Waals surface area contributed by atoms with E-state index in [-0.39, 0.29) is 23.3 Å². The minimum Gasteiger partial charge on any atom is -0.472 e. The van der Waals surface area contributed by atoms with Crippen LogP contribution in [0.2, 0.25) is 0 Å². The van der Waals surface area contributed by atoms with Crippen LogP contribution < -0.4 is 0 Å². The Kier molecular flexibility index (Phi) is 2.94. The van der Waals surface area contributed by atoms with Crippen molar-refractivity contribution < 1.29 is 23.5 Å². The molecule has 2 aliphatic heterocycles. The SMILES string of the molecule is C=C1C2=C(CC[C@@]13CCC=C1C(=O)OC[C@H]13)C(=O)O[C@@H]2c1ccoc1. The molecule has 0 saturated carbocycles. The molecule has 5 heteroatoms. The Labute approximate surface area is 145 Å². The minimum absolute atomic E-state index is 0.0241. The molecule has 0 unspecified atom stereocenters. The number of allylic oxidation sites excluding steroid dienone is 1. The standard InChI is InChI=1S/C20H18O5/c1-11-16-14(19(22)25-17(16)12-5-8-23-9-12)4-7-20(11)6-2-3-13-15(20)10-24-18(13)21/h3,5,8-9,15,17H,1-2,4,6-7,10H2/t15-,17-,20+/m1/s1. The van der Waals surface area contributed by atoms with Gasteiger partial charge in [0.15, 0.2) is 6.10 Å². The summed E-state index contributed by atoms with van der Waals surface area (Å²) >= 11 is 0. The number of furan rings is 1. The second-order valence-corrected chi connectivity index (χ2v) is 7.22. The van der Waals surface area contributed by atoms with Crippen molar-refractivity contribution in [2.45, 2.75) is 31.8 Å². The average Bonchev–Trinajstić information content (AvgIpc) is 3.32. The van der Waals surface area contributed by atoms with Gasteiger partial charge in [0.05, 0.1) is 19.1 Å². The topological polar surface area (TPSA) is 65.7 Å². The third-order valence-electron chi connectivity index (χ3n) is 6.27. The Balaban J connectivity index is 1.60. The summed E-state index contributed by atoms with van der Waals surface area (Å²) in [6, 6.07) is 1.82. The van der Waals surface area contributed by atoms with Crippen LogP contribution in [0.5, 0.6) is 0 Å². The van der Waals surface area contributed by atoms with Crippen LogP contribution in [0, 0.1) is 11.3 Å². The number of carbonyl (C=O) groups excluding carboxylic acids is 2. The van der Waals surface area contributed by atoms with Crippen LogP contribution >= 0.6 is 0 Å². The zero-order valence-corrected chi connectivity index (χ0v) is 13.7. The van der Waals surface area contributed by atoms with E-state index in [9.17, 15) is 9.59 Å². The molecule has 1 saturated heterocycles. The fourth-order valence-corrected chi connectivity index (χ4v) is 4.99. The molecule has 1 aromatic rings. The van der Waals surface area contributed by atoms with Crippen LogP contribution in [0.15, 0.2) is 58.0 Å². The van der Waals surface area contributed by atoms with Crippen molar-refractivity contribution in [2.24, 2.45) is 11.3 Å². The summed E-state index contributed by atoms with van der Waals surface area (Å²) in [4.78, 5) is 24.4. The summed E-state index contributed by atoms with van der Waals surface area (Å²) in [5.41, 5.74) is 3.91. The molecule has 0 N–H and O–H groups in total. The van der Waals surface area contributed by atoms with Gasteiger partial charge in [-0.15, -0.1) is 0 Å².